The molecule has 1 saturated heterocycles. The number of benzene rings is 2. The summed E-state index contributed by atoms with van der Waals surface area (Å²) in [7, 11) is 2.05. The zero-order valence-corrected chi connectivity index (χ0v) is 18.6. The first-order valence-electron chi connectivity index (χ1n) is 10.8. The zero-order valence-electron chi connectivity index (χ0n) is 17.8. The van der Waals surface area contributed by atoms with E-state index in [-0.39, 0.29) is 18.4 Å². The van der Waals surface area contributed by atoms with Crippen molar-refractivity contribution in [2.75, 3.05) is 13.1 Å². The van der Waals surface area contributed by atoms with Crippen LogP contribution in [0.4, 0.5) is 0 Å². The van der Waals surface area contributed by atoms with Gasteiger partial charge in [-0.1, -0.05) is 23.7 Å². The normalized spacial score (nSPS) is 16.4. The first-order valence-corrected chi connectivity index (χ1v) is 11.1. The van der Waals surface area contributed by atoms with Gasteiger partial charge in [-0.3, -0.25) is 4.79 Å². The van der Waals surface area contributed by atoms with Crippen molar-refractivity contribution in [3.05, 3.63) is 83.0 Å². The van der Waals surface area contributed by atoms with E-state index in [1.54, 1.807) is 36.4 Å². The van der Waals surface area contributed by atoms with Crippen LogP contribution in [0, 0.1) is 0 Å². The van der Waals surface area contributed by atoms with Gasteiger partial charge >= 0.3 is 0 Å². The summed E-state index contributed by atoms with van der Waals surface area (Å²) >= 11 is 5.90. The molecule has 0 radical (unpaired) electrons. The molecule has 2 aromatic heterocycles. The van der Waals surface area contributed by atoms with Crippen LogP contribution < -0.4 is 4.74 Å². The highest BCUT2D eigenvalue weighted by molar-refractivity contribution is 6.30. The van der Waals surface area contributed by atoms with Crippen LogP contribution in [0.1, 0.15) is 40.9 Å². The van der Waals surface area contributed by atoms with E-state index in [1.807, 2.05) is 30.1 Å². The van der Waals surface area contributed by atoms with Crippen LogP contribution in [0.3, 0.4) is 0 Å². The number of amides is 1. The lowest BCUT2D eigenvalue weighted by molar-refractivity contribution is 0.0667. The molecule has 1 fully saturated rings. The molecule has 0 N–H and O–H groups in total. The summed E-state index contributed by atoms with van der Waals surface area (Å²) in [5.74, 6) is 2.77. The van der Waals surface area contributed by atoms with E-state index in [0.29, 0.717) is 28.8 Å². The van der Waals surface area contributed by atoms with Crippen molar-refractivity contribution in [3.63, 3.8) is 0 Å². The molecule has 0 bridgehead atoms. The molecule has 6 nitrogen and oxygen atoms in total. The number of aryl methyl sites for hydroxylation is 1. The summed E-state index contributed by atoms with van der Waals surface area (Å²) in [5, 5.41) is 0.654. The Morgan fingerprint density at radius 3 is 2.78 bits per heavy atom. The molecule has 164 valence electrons. The number of aromatic nitrogens is 2. The Morgan fingerprint density at radius 2 is 1.97 bits per heavy atom. The van der Waals surface area contributed by atoms with Crippen LogP contribution in [0.5, 0.6) is 5.75 Å². The Bertz CT molecular complexity index is 1250. The van der Waals surface area contributed by atoms with Crippen molar-refractivity contribution < 1.29 is 13.9 Å². The van der Waals surface area contributed by atoms with Crippen molar-refractivity contribution in [2.45, 2.75) is 25.4 Å². The second-order valence-corrected chi connectivity index (χ2v) is 8.55. The molecule has 3 heterocycles. The van der Waals surface area contributed by atoms with Crippen molar-refractivity contribution in [1.82, 2.24) is 14.5 Å². The molecule has 0 saturated carbocycles. The minimum Gasteiger partial charge on any atom is -0.486 e. The van der Waals surface area contributed by atoms with E-state index >= 15 is 0 Å². The zero-order chi connectivity index (χ0) is 22.1. The predicted molar refractivity (Wildman–Crippen MR) is 123 cm³/mol. The van der Waals surface area contributed by atoms with E-state index in [4.69, 9.17) is 25.7 Å². The average molecular weight is 450 g/mol. The Balaban J connectivity index is 1.26. The lowest BCUT2D eigenvalue weighted by Gasteiger charge is -2.31. The summed E-state index contributed by atoms with van der Waals surface area (Å²) < 4.78 is 13.7. The van der Waals surface area contributed by atoms with Crippen LogP contribution in [0.25, 0.3) is 11.0 Å². The summed E-state index contributed by atoms with van der Waals surface area (Å²) in [6.45, 7) is 1.60. The maximum Gasteiger partial charge on any atom is 0.289 e. The molecule has 32 heavy (non-hydrogen) atoms. The second kappa shape index (κ2) is 8.71. The van der Waals surface area contributed by atoms with Crippen LogP contribution in [-0.4, -0.2) is 33.4 Å². The van der Waals surface area contributed by atoms with E-state index in [0.717, 1.165) is 36.2 Å². The van der Waals surface area contributed by atoms with Gasteiger partial charge in [-0.25, -0.2) is 4.98 Å². The van der Waals surface area contributed by atoms with E-state index in [2.05, 4.69) is 10.6 Å². The van der Waals surface area contributed by atoms with Gasteiger partial charge in [0.05, 0.1) is 11.0 Å². The fourth-order valence-electron chi connectivity index (χ4n) is 4.31. The number of furan rings is 1. The Kier molecular flexibility index (Phi) is 5.62. The number of para-hydroxylation sites is 2. The summed E-state index contributed by atoms with van der Waals surface area (Å²) in [4.78, 5) is 19.8. The first-order chi connectivity index (χ1) is 15.6. The number of halogens is 1. The molecule has 1 aliphatic heterocycles. The van der Waals surface area contributed by atoms with Gasteiger partial charge in [0.25, 0.3) is 5.91 Å². The maximum absolute atomic E-state index is 13.1. The summed E-state index contributed by atoms with van der Waals surface area (Å²) in [5.41, 5.74) is 2.10. The van der Waals surface area contributed by atoms with Gasteiger partial charge in [-0.2, -0.15) is 0 Å². The molecule has 7 heteroatoms. The fourth-order valence-corrected chi connectivity index (χ4v) is 4.44. The lowest BCUT2D eigenvalue weighted by Crippen LogP contribution is -2.39. The molecule has 4 aromatic rings. The lowest BCUT2D eigenvalue weighted by atomic mass is 9.97. The van der Waals surface area contributed by atoms with Gasteiger partial charge in [-0.15, -0.1) is 0 Å². The highest BCUT2D eigenvalue weighted by atomic mass is 35.5. The predicted octanol–water partition coefficient (Wildman–Crippen LogP) is 5.42. The smallest absolute Gasteiger partial charge is 0.289 e. The molecule has 1 atom stereocenters. The number of nitrogens with zero attached hydrogens (tertiary/aromatic N) is 3. The second-order valence-electron chi connectivity index (χ2n) is 8.12. The van der Waals surface area contributed by atoms with E-state index in [1.165, 1.54) is 0 Å². The van der Waals surface area contributed by atoms with Gasteiger partial charge < -0.3 is 18.6 Å². The summed E-state index contributed by atoms with van der Waals surface area (Å²) in [6.07, 6.45) is 1.95. The molecule has 5 rings (SSSR count). The number of ether oxygens (including phenoxy) is 1. The number of piperidine rings is 1. The Hall–Kier alpha value is -3.25. The number of imidazole rings is 1. The molecule has 0 aliphatic carbocycles. The highest BCUT2D eigenvalue weighted by Gasteiger charge is 2.29. The largest absolute Gasteiger partial charge is 0.486 e. The number of carbonyl (C=O) groups excluding carboxylic acids is 1. The van der Waals surface area contributed by atoms with Gasteiger partial charge in [0.1, 0.15) is 23.9 Å². The monoisotopic (exact) mass is 449 g/mol. The quantitative estimate of drug-likeness (QED) is 0.408. The van der Waals surface area contributed by atoms with Crippen molar-refractivity contribution >= 4 is 28.5 Å². The molecule has 1 amide bonds. The Labute approximate surface area is 191 Å². The third-order valence-electron chi connectivity index (χ3n) is 5.96. The summed E-state index contributed by atoms with van der Waals surface area (Å²) in [6, 6.07) is 18.8. The molecule has 0 spiro atoms. The third-order valence-corrected chi connectivity index (χ3v) is 6.21. The first kappa shape index (κ1) is 20.6. The van der Waals surface area contributed by atoms with Crippen molar-refractivity contribution in [2.24, 2.45) is 7.05 Å². The number of rotatable bonds is 5. The van der Waals surface area contributed by atoms with Gasteiger partial charge in [0.15, 0.2) is 5.76 Å². The van der Waals surface area contributed by atoms with E-state index < -0.39 is 0 Å². The van der Waals surface area contributed by atoms with E-state index in [9.17, 15) is 4.79 Å². The highest BCUT2D eigenvalue weighted by Crippen LogP contribution is 2.29. The van der Waals surface area contributed by atoms with Gasteiger partial charge in [0.2, 0.25) is 0 Å². The average Bonchev–Trinajstić information content (AvgIpc) is 3.43. The van der Waals surface area contributed by atoms with Gasteiger partial charge in [0, 0.05) is 31.1 Å². The van der Waals surface area contributed by atoms with Crippen molar-refractivity contribution in [1.29, 1.82) is 0 Å². The number of hydrogen-bond donors (Lipinski definition) is 0. The molecular formula is C25H24ClN3O3. The number of fused-ring (bicyclic) bond motifs is 1. The third kappa shape index (κ3) is 4.10. The SMILES string of the molecule is Cn1c(C2CCCN(C(=O)c3ccc(COc4ccc(Cl)cc4)o3)C2)nc2ccccc21. The topological polar surface area (TPSA) is 60.5 Å². The fraction of sp³-hybridized carbons (Fsp3) is 0.280. The molecule has 1 unspecified atom stereocenters. The van der Waals surface area contributed by atoms with Crippen LogP contribution >= 0.6 is 11.6 Å². The van der Waals surface area contributed by atoms with Crippen LogP contribution in [-0.2, 0) is 13.7 Å². The van der Waals surface area contributed by atoms with Crippen LogP contribution in [0.15, 0.2) is 65.1 Å². The molecule has 1 aliphatic rings. The van der Waals surface area contributed by atoms with Crippen molar-refractivity contribution in [3.8, 4) is 5.75 Å². The number of hydrogen-bond acceptors (Lipinski definition) is 4. The minimum absolute atomic E-state index is 0.0915. The number of carbonyl (C=O) groups is 1. The standard InChI is InChI=1S/C25H24ClN3O3/c1-28-22-7-3-2-6-21(22)27-24(28)17-5-4-14-29(15-17)25(30)23-13-12-20(32-23)16-31-19-10-8-18(26)9-11-19/h2-3,6-13,17H,4-5,14-16H2,1H3. The minimum atomic E-state index is -0.0915. The maximum atomic E-state index is 13.1. The molecular weight excluding hydrogens is 426 g/mol. The number of likely N-dealkylation sites (tertiary alicyclic amines) is 1. The molecule has 2 aromatic carbocycles. The van der Waals surface area contributed by atoms with Gasteiger partial charge in [-0.05, 0) is 61.4 Å². The Morgan fingerprint density at radius 1 is 1.16 bits per heavy atom. The van der Waals surface area contributed by atoms with Crippen LogP contribution in [0.2, 0.25) is 5.02 Å².